The number of primary amides is 1. The van der Waals surface area contributed by atoms with Gasteiger partial charge in [0.2, 0.25) is 11.8 Å². The topological polar surface area (TPSA) is 70.1 Å². The Balaban J connectivity index is 3.24. The molecule has 1 atom stereocenters. The first-order chi connectivity index (χ1) is 6.49. The highest BCUT2D eigenvalue weighted by Gasteiger charge is 2.25. The van der Waals surface area contributed by atoms with E-state index in [2.05, 4.69) is 5.10 Å². The molecule has 78 valence electrons. The Bertz CT molecular complexity index is 362. The Morgan fingerprint density at radius 2 is 2.29 bits per heavy atom. The molecule has 1 heterocycles. The van der Waals surface area contributed by atoms with Gasteiger partial charge in [0.05, 0.1) is 18.4 Å². The third-order valence-corrected chi connectivity index (χ3v) is 2.34. The van der Waals surface area contributed by atoms with Crippen LogP contribution in [0.1, 0.15) is 16.6 Å². The van der Waals surface area contributed by atoms with Crippen LogP contribution >= 0.6 is 11.6 Å². The van der Waals surface area contributed by atoms with Crippen LogP contribution in [-0.4, -0.2) is 22.8 Å². The third kappa shape index (κ3) is 1.68. The third-order valence-electron chi connectivity index (χ3n) is 1.91. The highest BCUT2D eigenvalue weighted by molar-refractivity contribution is 6.30. The number of nitrogens with two attached hydrogens (primary N) is 1. The van der Waals surface area contributed by atoms with Crippen LogP contribution in [0.25, 0.3) is 0 Å². The lowest BCUT2D eigenvalue weighted by Gasteiger charge is -2.07. The van der Waals surface area contributed by atoms with Gasteiger partial charge in [-0.05, 0) is 6.92 Å². The van der Waals surface area contributed by atoms with E-state index in [9.17, 15) is 4.79 Å². The smallest absolute Gasteiger partial charge is 0.240 e. The molecule has 0 saturated carbocycles. The van der Waals surface area contributed by atoms with Crippen LogP contribution in [0.4, 0.5) is 0 Å². The van der Waals surface area contributed by atoms with E-state index in [-0.39, 0.29) is 0 Å². The molecule has 1 amide bonds. The van der Waals surface area contributed by atoms with E-state index in [4.69, 9.17) is 22.1 Å². The summed E-state index contributed by atoms with van der Waals surface area (Å²) in [7, 11) is 3.20. The van der Waals surface area contributed by atoms with Gasteiger partial charge in [-0.2, -0.15) is 5.10 Å². The predicted molar refractivity (Wildman–Crippen MR) is 52.3 cm³/mol. The minimum absolute atomic E-state index is 0.460. The largest absolute Gasteiger partial charge is 0.481 e. The fourth-order valence-electron chi connectivity index (χ4n) is 1.33. The standard InChI is InChI=1S/C8H12ClN3O2/c1-4-5(6(9)7(10)13)8(14-3)12(2)11-4/h6H,1-3H3,(H2,10,13). The highest BCUT2D eigenvalue weighted by Crippen LogP contribution is 2.31. The Labute approximate surface area is 86.8 Å². The number of methoxy groups -OCH3 is 1. The SMILES string of the molecule is COc1c(C(Cl)C(N)=O)c(C)nn1C. The van der Waals surface area contributed by atoms with Crippen molar-refractivity contribution in [2.75, 3.05) is 7.11 Å². The molecule has 0 radical (unpaired) electrons. The Hall–Kier alpha value is -1.23. The minimum atomic E-state index is -0.904. The number of ether oxygens (including phenoxy) is 1. The molecule has 0 spiro atoms. The number of amides is 1. The van der Waals surface area contributed by atoms with Gasteiger partial charge in [-0.3, -0.25) is 4.79 Å². The molecule has 0 saturated heterocycles. The lowest BCUT2D eigenvalue weighted by Crippen LogP contribution is -2.18. The van der Waals surface area contributed by atoms with Crippen molar-refractivity contribution in [1.82, 2.24) is 9.78 Å². The van der Waals surface area contributed by atoms with Gasteiger partial charge in [0.25, 0.3) is 0 Å². The first-order valence-electron chi connectivity index (χ1n) is 4.00. The van der Waals surface area contributed by atoms with E-state index in [0.29, 0.717) is 17.1 Å². The maximum absolute atomic E-state index is 10.9. The molecule has 1 aromatic heterocycles. The van der Waals surface area contributed by atoms with E-state index in [1.807, 2.05) is 0 Å². The number of rotatable bonds is 3. The lowest BCUT2D eigenvalue weighted by atomic mass is 10.1. The number of carbonyl (C=O) groups excluding carboxylic acids is 1. The quantitative estimate of drug-likeness (QED) is 0.750. The minimum Gasteiger partial charge on any atom is -0.481 e. The molecule has 5 nitrogen and oxygen atoms in total. The summed E-state index contributed by atoms with van der Waals surface area (Å²) in [6.45, 7) is 1.75. The fourth-order valence-corrected chi connectivity index (χ4v) is 1.58. The summed E-state index contributed by atoms with van der Waals surface area (Å²) in [6, 6.07) is 0. The maximum atomic E-state index is 10.9. The van der Waals surface area contributed by atoms with E-state index in [0.717, 1.165) is 0 Å². The zero-order chi connectivity index (χ0) is 10.9. The van der Waals surface area contributed by atoms with Gasteiger partial charge in [-0.1, -0.05) is 0 Å². The molecule has 0 aliphatic rings. The second-order valence-corrected chi connectivity index (χ2v) is 3.33. The van der Waals surface area contributed by atoms with Crippen LogP contribution in [0.5, 0.6) is 5.88 Å². The summed E-state index contributed by atoms with van der Waals surface area (Å²) in [5, 5.41) is 3.18. The van der Waals surface area contributed by atoms with Crippen molar-refractivity contribution in [2.45, 2.75) is 12.3 Å². The first-order valence-corrected chi connectivity index (χ1v) is 4.43. The number of halogens is 1. The van der Waals surface area contributed by atoms with Gasteiger partial charge in [0.15, 0.2) is 0 Å². The van der Waals surface area contributed by atoms with Gasteiger partial charge in [0, 0.05) is 7.05 Å². The van der Waals surface area contributed by atoms with Gasteiger partial charge in [-0.25, -0.2) is 4.68 Å². The summed E-state index contributed by atoms with van der Waals surface area (Å²) in [5.41, 5.74) is 6.28. The maximum Gasteiger partial charge on any atom is 0.240 e. The molecular weight excluding hydrogens is 206 g/mol. The lowest BCUT2D eigenvalue weighted by molar-refractivity contribution is -0.117. The molecule has 14 heavy (non-hydrogen) atoms. The number of alkyl halides is 1. The fraction of sp³-hybridized carbons (Fsp3) is 0.500. The van der Waals surface area contributed by atoms with Crippen LogP contribution in [0.3, 0.4) is 0 Å². The zero-order valence-corrected chi connectivity index (χ0v) is 9.00. The second-order valence-electron chi connectivity index (χ2n) is 2.90. The Morgan fingerprint density at radius 1 is 1.71 bits per heavy atom. The van der Waals surface area contributed by atoms with Crippen LogP contribution in [0.15, 0.2) is 0 Å². The number of hydrogen-bond acceptors (Lipinski definition) is 3. The Morgan fingerprint density at radius 3 is 2.71 bits per heavy atom. The number of aryl methyl sites for hydroxylation is 2. The molecule has 6 heteroatoms. The first kappa shape index (κ1) is 10.8. The summed E-state index contributed by atoms with van der Waals surface area (Å²) in [5.74, 6) is -0.151. The van der Waals surface area contributed by atoms with Crippen molar-refractivity contribution in [2.24, 2.45) is 12.8 Å². The van der Waals surface area contributed by atoms with Crippen molar-refractivity contribution >= 4 is 17.5 Å². The molecule has 0 aromatic carbocycles. The van der Waals surface area contributed by atoms with E-state index in [1.165, 1.54) is 11.8 Å². The zero-order valence-electron chi connectivity index (χ0n) is 8.24. The van der Waals surface area contributed by atoms with Gasteiger partial charge < -0.3 is 10.5 Å². The van der Waals surface area contributed by atoms with Crippen molar-refractivity contribution in [3.63, 3.8) is 0 Å². The second kappa shape index (κ2) is 3.88. The van der Waals surface area contributed by atoms with Crippen molar-refractivity contribution in [1.29, 1.82) is 0 Å². The Kier molecular flexibility index (Phi) is 3.00. The molecule has 1 aromatic rings. The molecule has 1 unspecified atom stereocenters. The van der Waals surface area contributed by atoms with Crippen molar-refractivity contribution in [3.05, 3.63) is 11.3 Å². The van der Waals surface area contributed by atoms with Crippen LogP contribution in [-0.2, 0) is 11.8 Å². The predicted octanol–water partition coefficient (Wildman–Crippen LogP) is 0.502. The van der Waals surface area contributed by atoms with E-state index >= 15 is 0 Å². The van der Waals surface area contributed by atoms with E-state index < -0.39 is 11.3 Å². The number of aromatic nitrogens is 2. The molecule has 0 aliphatic carbocycles. The molecule has 1 rings (SSSR count). The number of nitrogens with zero attached hydrogens (tertiary/aromatic N) is 2. The molecule has 0 aliphatic heterocycles. The van der Waals surface area contributed by atoms with Gasteiger partial charge in [-0.15, -0.1) is 11.6 Å². The van der Waals surface area contributed by atoms with E-state index in [1.54, 1.807) is 14.0 Å². The molecule has 2 N–H and O–H groups in total. The van der Waals surface area contributed by atoms with Gasteiger partial charge >= 0.3 is 0 Å². The normalized spacial score (nSPS) is 12.6. The summed E-state index contributed by atoms with van der Waals surface area (Å²) < 4.78 is 6.59. The molecule has 0 fully saturated rings. The molecular formula is C8H12ClN3O2. The average Bonchev–Trinajstić information content (AvgIpc) is 2.38. The van der Waals surface area contributed by atoms with Crippen molar-refractivity contribution < 1.29 is 9.53 Å². The van der Waals surface area contributed by atoms with Gasteiger partial charge in [0.1, 0.15) is 5.38 Å². The van der Waals surface area contributed by atoms with Crippen molar-refractivity contribution in [3.8, 4) is 5.88 Å². The highest BCUT2D eigenvalue weighted by atomic mass is 35.5. The number of hydrogen-bond donors (Lipinski definition) is 1. The summed E-state index contributed by atoms with van der Waals surface area (Å²) in [6.07, 6.45) is 0. The summed E-state index contributed by atoms with van der Waals surface area (Å²) >= 11 is 5.84. The summed E-state index contributed by atoms with van der Waals surface area (Å²) in [4.78, 5) is 10.9. The van der Waals surface area contributed by atoms with Crippen LogP contribution < -0.4 is 10.5 Å². The van der Waals surface area contributed by atoms with Crippen LogP contribution in [0, 0.1) is 6.92 Å². The number of carbonyl (C=O) groups is 1. The monoisotopic (exact) mass is 217 g/mol. The molecule has 0 bridgehead atoms. The average molecular weight is 218 g/mol. The van der Waals surface area contributed by atoms with Crippen LogP contribution in [0.2, 0.25) is 0 Å².